The lowest BCUT2D eigenvalue weighted by molar-refractivity contribution is -0.117. The summed E-state index contributed by atoms with van der Waals surface area (Å²) in [4.78, 5) is 12.3. The van der Waals surface area contributed by atoms with E-state index >= 15 is 0 Å². The van der Waals surface area contributed by atoms with Crippen LogP contribution < -0.4 is 14.8 Å². The van der Waals surface area contributed by atoms with Crippen molar-refractivity contribution < 1.29 is 17.9 Å². The zero-order chi connectivity index (χ0) is 19.3. The van der Waals surface area contributed by atoms with Crippen LogP contribution in [0.3, 0.4) is 0 Å². The van der Waals surface area contributed by atoms with E-state index in [2.05, 4.69) is 10.0 Å². The highest BCUT2D eigenvalue weighted by molar-refractivity contribution is 7.89. The van der Waals surface area contributed by atoms with Crippen molar-refractivity contribution in [1.82, 2.24) is 4.72 Å². The highest BCUT2D eigenvalue weighted by Crippen LogP contribution is 2.25. The molecule has 2 aromatic rings. The molecule has 0 aliphatic heterocycles. The standard InChI is InChI=1S/C17H18Cl2N2O4S/c1-3-25-13-5-7-14(8-6-13)26(23,24)21-11(2)17(22)20-12-4-9-15(18)16(19)10-12/h4-11,21H,3H2,1-2H3,(H,20,22)/t11-/m0/s1. The Hall–Kier alpha value is -1.80. The Morgan fingerprint density at radius 2 is 1.77 bits per heavy atom. The summed E-state index contributed by atoms with van der Waals surface area (Å²) >= 11 is 11.7. The number of anilines is 1. The summed E-state index contributed by atoms with van der Waals surface area (Å²) in [7, 11) is -3.86. The molecule has 0 saturated carbocycles. The number of hydrogen-bond acceptors (Lipinski definition) is 4. The number of carbonyl (C=O) groups is 1. The average Bonchev–Trinajstić information content (AvgIpc) is 2.58. The molecule has 1 atom stereocenters. The molecule has 0 fully saturated rings. The van der Waals surface area contributed by atoms with Crippen molar-refractivity contribution in [3.05, 3.63) is 52.5 Å². The lowest BCUT2D eigenvalue weighted by Crippen LogP contribution is -2.41. The molecule has 0 aliphatic rings. The Balaban J connectivity index is 2.05. The molecule has 0 spiro atoms. The highest BCUT2D eigenvalue weighted by Gasteiger charge is 2.22. The number of carbonyl (C=O) groups excluding carboxylic acids is 1. The smallest absolute Gasteiger partial charge is 0.242 e. The van der Waals surface area contributed by atoms with Crippen molar-refractivity contribution >= 4 is 44.8 Å². The first-order valence-electron chi connectivity index (χ1n) is 7.74. The van der Waals surface area contributed by atoms with Crippen molar-refractivity contribution in [2.45, 2.75) is 24.8 Å². The summed E-state index contributed by atoms with van der Waals surface area (Å²) in [5.74, 6) is 0.0368. The number of rotatable bonds is 7. The van der Waals surface area contributed by atoms with Crippen molar-refractivity contribution in [3.63, 3.8) is 0 Å². The van der Waals surface area contributed by atoms with Gasteiger partial charge in [-0.25, -0.2) is 8.42 Å². The fourth-order valence-corrected chi connectivity index (χ4v) is 3.56. The zero-order valence-electron chi connectivity index (χ0n) is 14.1. The van der Waals surface area contributed by atoms with Crippen LogP contribution in [0.5, 0.6) is 5.75 Å². The van der Waals surface area contributed by atoms with Crippen molar-refractivity contribution in [2.75, 3.05) is 11.9 Å². The first-order valence-corrected chi connectivity index (χ1v) is 9.98. The van der Waals surface area contributed by atoms with E-state index in [4.69, 9.17) is 27.9 Å². The molecule has 0 saturated heterocycles. The van der Waals surface area contributed by atoms with Gasteiger partial charge in [-0.1, -0.05) is 23.2 Å². The van der Waals surface area contributed by atoms with Crippen LogP contribution >= 0.6 is 23.2 Å². The van der Waals surface area contributed by atoms with Gasteiger partial charge in [0.1, 0.15) is 5.75 Å². The van der Waals surface area contributed by atoms with Crippen molar-refractivity contribution in [2.24, 2.45) is 0 Å². The van der Waals surface area contributed by atoms with Crippen LogP contribution in [0.15, 0.2) is 47.4 Å². The molecule has 2 aromatic carbocycles. The van der Waals surface area contributed by atoms with Gasteiger partial charge in [-0.05, 0) is 56.3 Å². The number of hydrogen-bond donors (Lipinski definition) is 2. The Bertz CT molecular complexity index is 886. The van der Waals surface area contributed by atoms with Crippen molar-refractivity contribution in [3.8, 4) is 5.75 Å². The molecule has 2 N–H and O–H groups in total. The third-order valence-corrected chi connectivity index (χ3v) is 5.65. The minimum atomic E-state index is -3.86. The van der Waals surface area contributed by atoms with E-state index in [0.717, 1.165) is 0 Å². The minimum absolute atomic E-state index is 0.0372. The van der Waals surface area contributed by atoms with E-state index in [9.17, 15) is 13.2 Å². The van der Waals surface area contributed by atoms with E-state index in [0.29, 0.717) is 23.1 Å². The van der Waals surface area contributed by atoms with Gasteiger partial charge in [-0.15, -0.1) is 0 Å². The second kappa shape index (κ2) is 8.73. The Morgan fingerprint density at radius 3 is 2.35 bits per heavy atom. The van der Waals surface area contributed by atoms with Crippen LogP contribution in [-0.2, 0) is 14.8 Å². The molecule has 26 heavy (non-hydrogen) atoms. The molecule has 1 amide bonds. The van der Waals surface area contributed by atoms with E-state index < -0.39 is 22.0 Å². The first kappa shape index (κ1) is 20.5. The normalized spacial score (nSPS) is 12.5. The molecule has 0 aliphatic carbocycles. The number of ether oxygens (including phenoxy) is 1. The number of halogens is 2. The summed E-state index contributed by atoms with van der Waals surface area (Å²) in [6, 6.07) is 9.52. The van der Waals surface area contributed by atoms with Gasteiger partial charge in [-0.3, -0.25) is 4.79 Å². The Labute approximate surface area is 162 Å². The van der Waals surface area contributed by atoms with E-state index in [1.54, 1.807) is 18.2 Å². The summed E-state index contributed by atoms with van der Waals surface area (Å²) < 4.78 is 32.4. The van der Waals surface area contributed by atoms with Crippen LogP contribution in [0.1, 0.15) is 13.8 Å². The van der Waals surface area contributed by atoms with Crippen LogP contribution in [0, 0.1) is 0 Å². The SMILES string of the molecule is CCOc1ccc(S(=O)(=O)N[C@@H](C)C(=O)Nc2ccc(Cl)c(Cl)c2)cc1. The zero-order valence-corrected chi connectivity index (χ0v) is 16.5. The third kappa shape index (κ3) is 5.35. The number of amides is 1. The van der Waals surface area contributed by atoms with Crippen LogP contribution in [-0.4, -0.2) is 27.0 Å². The molecule has 0 radical (unpaired) electrons. The third-order valence-electron chi connectivity index (χ3n) is 3.36. The molecule has 0 unspecified atom stereocenters. The van der Waals surface area contributed by atoms with Crippen molar-refractivity contribution in [1.29, 1.82) is 0 Å². The molecule has 6 nitrogen and oxygen atoms in total. The first-order chi connectivity index (χ1) is 12.2. The van der Waals surface area contributed by atoms with Gasteiger partial charge < -0.3 is 10.1 Å². The minimum Gasteiger partial charge on any atom is -0.494 e. The maximum Gasteiger partial charge on any atom is 0.242 e. The van der Waals surface area contributed by atoms with Crippen LogP contribution in [0.25, 0.3) is 0 Å². The molecular formula is C17H18Cl2N2O4S. The highest BCUT2D eigenvalue weighted by atomic mass is 35.5. The monoisotopic (exact) mass is 416 g/mol. The lowest BCUT2D eigenvalue weighted by Gasteiger charge is -2.15. The maximum absolute atomic E-state index is 12.4. The maximum atomic E-state index is 12.4. The van der Waals surface area contributed by atoms with E-state index in [-0.39, 0.29) is 9.92 Å². The molecule has 9 heteroatoms. The summed E-state index contributed by atoms with van der Waals surface area (Å²) in [6.45, 7) is 3.76. The average molecular weight is 417 g/mol. The summed E-state index contributed by atoms with van der Waals surface area (Å²) in [6.07, 6.45) is 0. The molecule has 0 aromatic heterocycles. The van der Waals surface area contributed by atoms with E-state index in [1.165, 1.54) is 31.2 Å². The predicted molar refractivity (Wildman–Crippen MR) is 102 cm³/mol. The molecule has 2 rings (SSSR count). The van der Waals surface area contributed by atoms with Gasteiger partial charge in [-0.2, -0.15) is 4.72 Å². The molecule has 0 bridgehead atoms. The van der Waals surface area contributed by atoms with Gasteiger partial charge in [0.05, 0.1) is 27.6 Å². The number of nitrogens with one attached hydrogen (secondary N) is 2. The molecule has 0 heterocycles. The molecular weight excluding hydrogens is 399 g/mol. The predicted octanol–water partition coefficient (Wildman–Crippen LogP) is 3.70. The van der Waals surface area contributed by atoms with Gasteiger partial charge in [0.25, 0.3) is 0 Å². The quantitative estimate of drug-likeness (QED) is 0.720. The summed E-state index contributed by atoms with van der Waals surface area (Å²) in [5.41, 5.74) is 0.413. The largest absolute Gasteiger partial charge is 0.494 e. The van der Waals surface area contributed by atoms with Gasteiger partial charge in [0, 0.05) is 5.69 Å². The molecule has 140 valence electrons. The van der Waals surface area contributed by atoms with Gasteiger partial charge in [0.2, 0.25) is 15.9 Å². The number of benzene rings is 2. The van der Waals surface area contributed by atoms with E-state index in [1.807, 2.05) is 6.92 Å². The number of sulfonamides is 1. The Kier molecular flexibility index (Phi) is 6.88. The fraction of sp³-hybridized carbons (Fsp3) is 0.235. The topological polar surface area (TPSA) is 84.5 Å². The van der Waals surface area contributed by atoms with Crippen LogP contribution in [0.2, 0.25) is 10.0 Å². The summed E-state index contributed by atoms with van der Waals surface area (Å²) in [5, 5.41) is 3.22. The Morgan fingerprint density at radius 1 is 1.12 bits per heavy atom. The van der Waals surface area contributed by atoms with Gasteiger partial charge >= 0.3 is 0 Å². The lowest BCUT2D eigenvalue weighted by atomic mass is 10.3. The second-order valence-electron chi connectivity index (χ2n) is 5.37. The fourth-order valence-electron chi connectivity index (χ4n) is 2.06. The van der Waals surface area contributed by atoms with Gasteiger partial charge in [0.15, 0.2) is 0 Å². The second-order valence-corrected chi connectivity index (χ2v) is 7.89. The van der Waals surface area contributed by atoms with Crippen LogP contribution in [0.4, 0.5) is 5.69 Å².